The highest BCUT2D eigenvalue weighted by Crippen LogP contribution is 2.20. The summed E-state index contributed by atoms with van der Waals surface area (Å²) in [7, 11) is 3.96. The van der Waals surface area contributed by atoms with E-state index in [0.717, 1.165) is 43.9 Å². The lowest BCUT2D eigenvalue weighted by Gasteiger charge is -2.24. The van der Waals surface area contributed by atoms with E-state index < -0.39 is 0 Å². The number of hydrogen-bond donors (Lipinski definition) is 1. The number of nitrogens with one attached hydrogen (secondary N) is 1. The molecule has 0 radical (unpaired) electrons. The number of rotatable bonds is 5. The van der Waals surface area contributed by atoms with Gasteiger partial charge in [-0.15, -0.1) is 0 Å². The summed E-state index contributed by atoms with van der Waals surface area (Å²) >= 11 is 0. The smallest absolute Gasteiger partial charge is 0.247 e. The number of pyridine rings is 1. The average molecular weight is 357 g/mol. The predicted octanol–water partition coefficient (Wildman–Crippen LogP) is 1.79. The van der Waals surface area contributed by atoms with Crippen LogP contribution in [0.1, 0.15) is 32.2 Å². The minimum Gasteiger partial charge on any atom is -0.381 e. The van der Waals surface area contributed by atoms with E-state index in [4.69, 9.17) is 0 Å². The Morgan fingerprint density at radius 3 is 2.81 bits per heavy atom. The van der Waals surface area contributed by atoms with Gasteiger partial charge in [-0.3, -0.25) is 4.79 Å². The zero-order chi connectivity index (χ0) is 18.5. The number of hydrogen-bond acceptors (Lipinski definition) is 6. The molecule has 3 heterocycles. The zero-order valence-corrected chi connectivity index (χ0v) is 15.7. The van der Waals surface area contributed by atoms with E-state index in [9.17, 15) is 4.79 Å². The van der Waals surface area contributed by atoms with Crippen LogP contribution in [0.5, 0.6) is 0 Å². The van der Waals surface area contributed by atoms with Gasteiger partial charge in [-0.1, -0.05) is 0 Å². The van der Waals surface area contributed by atoms with E-state index in [-0.39, 0.29) is 11.9 Å². The van der Waals surface area contributed by atoms with Gasteiger partial charge < -0.3 is 15.1 Å². The monoisotopic (exact) mass is 357 g/mol. The molecule has 3 rings (SSSR count). The lowest BCUT2D eigenvalue weighted by Crippen LogP contribution is -2.37. The van der Waals surface area contributed by atoms with Gasteiger partial charge in [0.1, 0.15) is 24.5 Å². The minimum absolute atomic E-state index is 0.105. The van der Waals surface area contributed by atoms with Crippen LogP contribution in [0.2, 0.25) is 0 Å². The summed E-state index contributed by atoms with van der Waals surface area (Å²) < 4.78 is 1.61. The van der Waals surface area contributed by atoms with Crippen LogP contribution in [0.25, 0.3) is 0 Å². The summed E-state index contributed by atoms with van der Waals surface area (Å²) in [6.07, 6.45) is 7.87. The summed E-state index contributed by atoms with van der Waals surface area (Å²) in [5, 5.41) is 7.64. The maximum atomic E-state index is 12.7. The van der Waals surface area contributed by atoms with Crippen molar-refractivity contribution < 1.29 is 4.79 Å². The van der Waals surface area contributed by atoms with Gasteiger partial charge in [-0.2, -0.15) is 5.10 Å². The zero-order valence-electron chi connectivity index (χ0n) is 15.7. The molecule has 1 aliphatic heterocycles. The molecule has 26 heavy (non-hydrogen) atoms. The van der Waals surface area contributed by atoms with Crippen LogP contribution < -0.4 is 10.2 Å². The highest BCUT2D eigenvalue weighted by molar-refractivity contribution is 5.80. The van der Waals surface area contributed by atoms with Crippen LogP contribution >= 0.6 is 0 Å². The van der Waals surface area contributed by atoms with Gasteiger partial charge in [0.25, 0.3) is 0 Å². The predicted molar refractivity (Wildman–Crippen MR) is 101 cm³/mol. The van der Waals surface area contributed by atoms with Crippen molar-refractivity contribution in [2.24, 2.45) is 0 Å². The number of carbonyl (C=O) groups is 1. The molecule has 1 N–H and O–H groups in total. The first-order valence-corrected chi connectivity index (χ1v) is 9.07. The summed E-state index contributed by atoms with van der Waals surface area (Å²) in [5.41, 5.74) is 1.02. The third-order valence-electron chi connectivity index (χ3n) is 4.81. The van der Waals surface area contributed by atoms with Crippen molar-refractivity contribution in [2.45, 2.75) is 38.3 Å². The average Bonchev–Trinajstić information content (AvgIpc) is 3.08. The maximum absolute atomic E-state index is 12.7. The lowest BCUT2D eigenvalue weighted by molar-refractivity contribution is -0.134. The largest absolute Gasteiger partial charge is 0.381 e. The molecule has 8 nitrogen and oxygen atoms in total. The molecule has 0 unspecified atom stereocenters. The van der Waals surface area contributed by atoms with Gasteiger partial charge >= 0.3 is 0 Å². The number of carbonyl (C=O) groups excluding carboxylic acids is 1. The summed E-state index contributed by atoms with van der Waals surface area (Å²) in [6.45, 7) is 3.40. The fourth-order valence-electron chi connectivity index (χ4n) is 3.23. The van der Waals surface area contributed by atoms with Crippen LogP contribution in [0.15, 0.2) is 31.0 Å². The molecule has 1 saturated heterocycles. The van der Waals surface area contributed by atoms with Crippen LogP contribution in [0.3, 0.4) is 0 Å². The van der Waals surface area contributed by atoms with Crippen LogP contribution in [0, 0.1) is 0 Å². The lowest BCUT2D eigenvalue weighted by atomic mass is 10.1. The molecular weight excluding hydrogens is 330 g/mol. The summed E-state index contributed by atoms with van der Waals surface area (Å²) in [5.74, 6) is 1.04. The Bertz CT molecular complexity index is 699. The van der Waals surface area contributed by atoms with Crippen molar-refractivity contribution in [2.75, 3.05) is 37.4 Å². The van der Waals surface area contributed by atoms with E-state index in [1.54, 1.807) is 11.0 Å². The number of anilines is 2. The van der Waals surface area contributed by atoms with E-state index in [2.05, 4.69) is 26.4 Å². The SMILES string of the molecule is C[C@@H](C(=O)N1CCC[C@H](Nc2ccc(N(C)C)nc2)CC1)n1cncn1. The first-order valence-electron chi connectivity index (χ1n) is 9.07. The van der Waals surface area contributed by atoms with Crippen LogP contribution in [0.4, 0.5) is 11.5 Å². The minimum atomic E-state index is -0.315. The summed E-state index contributed by atoms with van der Waals surface area (Å²) in [4.78, 5) is 25.0. The molecule has 0 aromatic carbocycles. The molecule has 1 fully saturated rings. The maximum Gasteiger partial charge on any atom is 0.247 e. The third kappa shape index (κ3) is 4.30. The normalized spacial score (nSPS) is 18.9. The Hall–Kier alpha value is -2.64. The Labute approximate surface area is 154 Å². The molecular formula is C18H27N7O. The molecule has 0 saturated carbocycles. The highest BCUT2D eigenvalue weighted by atomic mass is 16.2. The number of nitrogens with zero attached hydrogens (tertiary/aromatic N) is 6. The first-order chi connectivity index (χ1) is 12.5. The summed E-state index contributed by atoms with van der Waals surface area (Å²) in [6, 6.07) is 4.10. The molecule has 1 aliphatic rings. The van der Waals surface area contributed by atoms with Gasteiger partial charge in [0.2, 0.25) is 5.91 Å². The Morgan fingerprint density at radius 2 is 2.15 bits per heavy atom. The topological polar surface area (TPSA) is 79.2 Å². The fourth-order valence-corrected chi connectivity index (χ4v) is 3.23. The van der Waals surface area contributed by atoms with Gasteiger partial charge in [0.05, 0.1) is 11.9 Å². The molecule has 2 aromatic rings. The quantitative estimate of drug-likeness (QED) is 0.879. The number of aromatic nitrogens is 4. The Morgan fingerprint density at radius 1 is 1.31 bits per heavy atom. The molecule has 1 amide bonds. The van der Waals surface area contributed by atoms with E-state index in [1.165, 1.54) is 6.33 Å². The van der Waals surface area contributed by atoms with Crippen molar-refractivity contribution in [1.29, 1.82) is 0 Å². The van der Waals surface area contributed by atoms with E-state index in [1.807, 2.05) is 43.1 Å². The standard InChI is InChI=1S/C18H27N7O/c1-14(25-13-19-12-21-25)18(26)24-9-4-5-15(8-10-24)22-16-6-7-17(20-11-16)23(2)3/h6-7,11-15,22H,4-5,8-10H2,1-3H3/t14-,15-/m0/s1. The fraction of sp³-hybridized carbons (Fsp3) is 0.556. The molecule has 0 bridgehead atoms. The molecule has 8 heteroatoms. The van der Waals surface area contributed by atoms with Gasteiger partial charge in [0, 0.05) is 33.2 Å². The van der Waals surface area contributed by atoms with Crippen molar-refractivity contribution in [3.63, 3.8) is 0 Å². The van der Waals surface area contributed by atoms with Crippen molar-refractivity contribution >= 4 is 17.4 Å². The molecule has 2 atom stereocenters. The van der Waals surface area contributed by atoms with E-state index >= 15 is 0 Å². The second kappa shape index (κ2) is 8.16. The molecule has 2 aromatic heterocycles. The van der Waals surface area contributed by atoms with Crippen molar-refractivity contribution in [3.05, 3.63) is 31.0 Å². The van der Waals surface area contributed by atoms with Crippen LogP contribution in [-0.4, -0.2) is 63.8 Å². The number of likely N-dealkylation sites (tertiary alicyclic amines) is 1. The van der Waals surface area contributed by atoms with Gasteiger partial charge in [-0.05, 0) is 38.3 Å². The third-order valence-corrected chi connectivity index (χ3v) is 4.81. The van der Waals surface area contributed by atoms with Crippen LogP contribution in [-0.2, 0) is 4.79 Å². The van der Waals surface area contributed by atoms with Crippen molar-refractivity contribution in [3.8, 4) is 0 Å². The molecule has 0 spiro atoms. The highest BCUT2D eigenvalue weighted by Gasteiger charge is 2.25. The van der Waals surface area contributed by atoms with Gasteiger partial charge in [0.15, 0.2) is 0 Å². The number of amides is 1. The van der Waals surface area contributed by atoms with E-state index in [0.29, 0.717) is 6.04 Å². The van der Waals surface area contributed by atoms with Gasteiger partial charge in [-0.25, -0.2) is 14.6 Å². The second-order valence-electron chi connectivity index (χ2n) is 6.95. The second-order valence-corrected chi connectivity index (χ2v) is 6.95. The molecule has 0 aliphatic carbocycles. The first kappa shape index (κ1) is 18.2. The van der Waals surface area contributed by atoms with Crippen molar-refractivity contribution in [1.82, 2.24) is 24.6 Å². The molecule has 140 valence electrons. The Kier molecular flexibility index (Phi) is 5.70. The Balaban J connectivity index is 1.55.